The maximum Gasteiger partial charge on any atom is 0.419 e. The molecule has 0 N–H and O–H groups in total. The van der Waals surface area contributed by atoms with Crippen LogP contribution in [0.3, 0.4) is 0 Å². The summed E-state index contributed by atoms with van der Waals surface area (Å²) in [6.07, 6.45) is -5.79. The van der Waals surface area contributed by atoms with Crippen molar-refractivity contribution < 1.29 is 31.9 Å². The lowest BCUT2D eigenvalue weighted by Crippen LogP contribution is -2.27. The molecule has 5 nitrogen and oxygen atoms in total. The third kappa shape index (κ3) is 4.27. The number of carbonyl (C=O) groups is 1. The molecule has 1 atom stereocenters. The Bertz CT molecular complexity index is 705. The number of carbonyl (C=O) groups excluding carboxylic acids is 1. The van der Waals surface area contributed by atoms with Crippen LogP contribution in [0.25, 0.3) is 0 Å². The zero-order valence-electron chi connectivity index (χ0n) is 13.3. The first-order chi connectivity index (χ1) is 11.2. The molecule has 0 amide bonds. The van der Waals surface area contributed by atoms with Gasteiger partial charge < -0.3 is 13.9 Å². The van der Waals surface area contributed by atoms with Crippen LogP contribution >= 0.6 is 0 Å². The molecule has 1 aromatic heterocycles. The first-order valence-corrected chi connectivity index (χ1v) is 7.11. The van der Waals surface area contributed by atoms with Gasteiger partial charge in [-0.15, -0.1) is 0 Å². The molecule has 0 unspecified atom stereocenters. The smallest absolute Gasteiger partial charge is 0.419 e. The number of ether oxygens (including phenoxy) is 2. The van der Waals surface area contributed by atoms with Crippen LogP contribution in [0.15, 0.2) is 28.7 Å². The second kappa shape index (κ2) is 6.94. The van der Waals surface area contributed by atoms with Crippen LogP contribution < -0.4 is 4.74 Å². The van der Waals surface area contributed by atoms with Crippen molar-refractivity contribution in [2.24, 2.45) is 0 Å². The second-order valence-electron chi connectivity index (χ2n) is 5.11. The number of alkyl halides is 3. The molecule has 0 saturated heterocycles. The highest BCUT2D eigenvalue weighted by atomic mass is 19.4. The van der Waals surface area contributed by atoms with Gasteiger partial charge in [-0.3, -0.25) is 0 Å². The van der Waals surface area contributed by atoms with Crippen molar-refractivity contribution in [3.05, 3.63) is 47.2 Å². The van der Waals surface area contributed by atoms with Gasteiger partial charge in [0.15, 0.2) is 12.7 Å². The van der Waals surface area contributed by atoms with Crippen molar-refractivity contribution in [3.8, 4) is 5.75 Å². The summed E-state index contributed by atoms with van der Waals surface area (Å²) in [6.45, 7) is 4.54. The van der Waals surface area contributed by atoms with Crippen molar-refractivity contribution >= 4 is 5.97 Å². The zero-order chi connectivity index (χ0) is 17.9. The Morgan fingerprint density at radius 2 is 1.96 bits per heavy atom. The van der Waals surface area contributed by atoms with Gasteiger partial charge in [-0.2, -0.15) is 13.2 Å². The number of para-hydroxylation sites is 1. The second-order valence-corrected chi connectivity index (χ2v) is 5.11. The molecule has 0 aliphatic rings. The predicted octanol–water partition coefficient (Wildman–Crippen LogP) is 3.82. The molecule has 8 heteroatoms. The Morgan fingerprint density at radius 1 is 1.29 bits per heavy atom. The maximum atomic E-state index is 12.9. The minimum absolute atomic E-state index is 0.209. The summed E-state index contributed by atoms with van der Waals surface area (Å²) in [6, 6.07) is 4.66. The monoisotopic (exact) mass is 343 g/mol. The molecule has 0 radical (unpaired) electrons. The molecule has 2 aromatic rings. The normalized spacial score (nSPS) is 12.8. The number of hydrogen-bond acceptors (Lipinski definition) is 5. The van der Waals surface area contributed by atoms with Gasteiger partial charge in [0.1, 0.15) is 11.5 Å². The number of halogens is 3. The van der Waals surface area contributed by atoms with E-state index in [4.69, 9.17) is 13.9 Å². The van der Waals surface area contributed by atoms with Gasteiger partial charge in [0.2, 0.25) is 5.89 Å². The van der Waals surface area contributed by atoms with Gasteiger partial charge in [0.25, 0.3) is 0 Å². The fraction of sp³-hybridized carbons (Fsp3) is 0.375. The van der Waals surface area contributed by atoms with E-state index in [9.17, 15) is 18.0 Å². The Labute approximate surface area is 136 Å². The predicted molar refractivity (Wildman–Crippen MR) is 77.3 cm³/mol. The summed E-state index contributed by atoms with van der Waals surface area (Å²) >= 11 is 0. The van der Waals surface area contributed by atoms with Crippen molar-refractivity contribution in [2.75, 3.05) is 0 Å². The van der Waals surface area contributed by atoms with Crippen molar-refractivity contribution in [1.29, 1.82) is 0 Å². The Kier molecular flexibility index (Phi) is 5.16. The number of aryl methyl sites for hydroxylation is 2. The summed E-state index contributed by atoms with van der Waals surface area (Å²) in [5, 5.41) is 0. The molecule has 0 saturated carbocycles. The summed E-state index contributed by atoms with van der Waals surface area (Å²) in [7, 11) is 0. The summed E-state index contributed by atoms with van der Waals surface area (Å²) in [5.74, 6) is -0.441. The van der Waals surface area contributed by atoms with Crippen LogP contribution in [0.4, 0.5) is 13.2 Å². The number of oxazole rings is 1. The largest absolute Gasteiger partial charge is 0.478 e. The van der Waals surface area contributed by atoms with Gasteiger partial charge >= 0.3 is 12.1 Å². The van der Waals surface area contributed by atoms with Gasteiger partial charge in [0, 0.05) is 0 Å². The lowest BCUT2D eigenvalue weighted by molar-refractivity contribution is -0.154. The number of benzene rings is 1. The van der Waals surface area contributed by atoms with E-state index < -0.39 is 29.6 Å². The molecule has 2 rings (SSSR count). The third-order valence-corrected chi connectivity index (χ3v) is 3.24. The number of nitrogens with zero attached hydrogens (tertiary/aromatic N) is 1. The molecule has 0 aliphatic carbocycles. The van der Waals surface area contributed by atoms with Gasteiger partial charge in [-0.1, -0.05) is 12.1 Å². The van der Waals surface area contributed by atoms with E-state index in [1.165, 1.54) is 19.1 Å². The standard InChI is InChI=1S/C16H16F3NO4/c1-9-10(2)24-14(20-9)8-22-15(21)11(3)23-13-7-5-4-6-12(13)16(17,18)19/h4-7,11H,8H2,1-3H3/t11-/m1/s1. The van der Waals surface area contributed by atoms with Crippen LogP contribution in [0.1, 0.15) is 29.8 Å². The minimum atomic E-state index is -4.58. The highest BCUT2D eigenvalue weighted by Gasteiger charge is 2.35. The molecule has 0 spiro atoms. The fourth-order valence-electron chi connectivity index (χ4n) is 1.89. The SMILES string of the molecule is Cc1nc(COC(=O)[C@@H](C)Oc2ccccc2C(F)(F)F)oc1C. The van der Waals surface area contributed by atoms with Gasteiger partial charge in [-0.05, 0) is 32.9 Å². The van der Waals surface area contributed by atoms with E-state index in [0.29, 0.717) is 11.5 Å². The topological polar surface area (TPSA) is 61.6 Å². The first kappa shape index (κ1) is 17.8. The molecular formula is C16H16F3NO4. The first-order valence-electron chi connectivity index (χ1n) is 7.11. The Balaban J connectivity index is 1.99. The maximum absolute atomic E-state index is 12.9. The number of rotatable bonds is 5. The fourth-order valence-corrected chi connectivity index (χ4v) is 1.89. The van der Waals surface area contributed by atoms with Gasteiger partial charge in [-0.25, -0.2) is 9.78 Å². The van der Waals surface area contributed by atoms with Crippen LogP contribution in [0.2, 0.25) is 0 Å². The third-order valence-electron chi connectivity index (χ3n) is 3.24. The van der Waals surface area contributed by atoms with E-state index in [1.807, 2.05) is 0 Å². The quantitative estimate of drug-likeness (QED) is 0.773. The van der Waals surface area contributed by atoms with Crippen LogP contribution in [-0.4, -0.2) is 17.1 Å². The summed E-state index contributed by atoms with van der Waals surface area (Å²) < 4.78 is 54.0. The number of aromatic nitrogens is 1. The highest BCUT2D eigenvalue weighted by Crippen LogP contribution is 2.36. The number of hydrogen-bond donors (Lipinski definition) is 0. The Morgan fingerprint density at radius 3 is 2.54 bits per heavy atom. The van der Waals surface area contributed by atoms with Crippen LogP contribution in [0.5, 0.6) is 5.75 Å². The van der Waals surface area contributed by atoms with Crippen molar-refractivity contribution in [2.45, 2.75) is 39.7 Å². The molecule has 0 fully saturated rings. The van der Waals surface area contributed by atoms with Crippen molar-refractivity contribution in [3.63, 3.8) is 0 Å². The minimum Gasteiger partial charge on any atom is -0.478 e. The lowest BCUT2D eigenvalue weighted by Gasteiger charge is -2.17. The van der Waals surface area contributed by atoms with Gasteiger partial charge in [0.05, 0.1) is 11.3 Å². The van der Waals surface area contributed by atoms with E-state index in [1.54, 1.807) is 13.8 Å². The highest BCUT2D eigenvalue weighted by molar-refractivity contribution is 5.74. The average molecular weight is 343 g/mol. The molecule has 24 heavy (non-hydrogen) atoms. The summed E-state index contributed by atoms with van der Waals surface area (Å²) in [5.41, 5.74) is -0.284. The van der Waals surface area contributed by atoms with E-state index in [-0.39, 0.29) is 12.5 Å². The molecule has 0 aliphatic heterocycles. The molecule has 1 aromatic carbocycles. The van der Waals surface area contributed by atoms with E-state index in [2.05, 4.69) is 4.98 Å². The van der Waals surface area contributed by atoms with Crippen LogP contribution in [0, 0.1) is 13.8 Å². The molecule has 1 heterocycles. The lowest BCUT2D eigenvalue weighted by atomic mass is 10.2. The molecule has 0 bridgehead atoms. The zero-order valence-corrected chi connectivity index (χ0v) is 13.3. The molecule has 130 valence electrons. The average Bonchev–Trinajstić information content (AvgIpc) is 2.83. The van der Waals surface area contributed by atoms with E-state index in [0.717, 1.165) is 12.1 Å². The summed E-state index contributed by atoms with van der Waals surface area (Å²) in [4.78, 5) is 15.9. The Hall–Kier alpha value is -2.51. The van der Waals surface area contributed by atoms with Crippen molar-refractivity contribution in [1.82, 2.24) is 4.98 Å². The number of esters is 1. The van der Waals surface area contributed by atoms with Crippen LogP contribution in [-0.2, 0) is 22.3 Å². The molecular weight excluding hydrogens is 327 g/mol. The van der Waals surface area contributed by atoms with E-state index >= 15 is 0 Å².